The van der Waals surface area contributed by atoms with Crippen LogP contribution in [0.4, 0.5) is 0 Å². The third-order valence-corrected chi connectivity index (χ3v) is 4.63. The molecule has 122 valence electrons. The lowest BCUT2D eigenvalue weighted by molar-refractivity contribution is -0.137. The normalized spacial score (nSPS) is 20.5. The van der Waals surface area contributed by atoms with Crippen molar-refractivity contribution in [3.05, 3.63) is 17.5 Å². The number of imide groups is 1. The number of rotatable bonds is 5. The summed E-state index contributed by atoms with van der Waals surface area (Å²) in [4.78, 5) is 46.0. The molecular formula is C15H18N4O3S. The van der Waals surface area contributed by atoms with E-state index in [1.165, 1.54) is 11.8 Å². The van der Waals surface area contributed by atoms with Crippen LogP contribution in [-0.4, -0.2) is 50.4 Å². The zero-order valence-corrected chi connectivity index (χ0v) is 13.9. The molecule has 7 nitrogen and oxygen atoms in total. The molecule has 0 unspecified atom stereocenters. The van der Waals surface area contributed by atoms with E-state index in [1.54, 1.807) is 4.90 Å². The molecule has 1 N–H and O–H groups in total. The van der Waals surface area contributed by atoms with Gasteiger partial charge in [-0.3, -0.25) is 19.7 Å². The summed E-state index contributed by atoms with van der Waals surface area (Å²) in [5, 5.41) is 2.82. The number of hydrogen-bond donors (Lipinski definition) is 1. The quantitative estimate of drug-likeness (QED) is 0.481. The van der Waals surface area contributed by atoms with Crippen LogP contribution in [0, 0.1) is 13.8 Å². The molecule has 23 heavy (non-hydrogen) atoms. The summed E-state index contributed by atoms with van der Waals surface area (Å²) in [7, 11) is 0. The second-order valence-electron chi connectivity index (χ2n) is 5.89. The average molecular weight is 334 g/mol. The fourth-order valence-electron chi connectivity index (χ4n) is 2.71. The summed E-state index contributed by atoms with van der Waals surface area (Å²) in [6.45, 7) is 3.76. The molecule has 1 saturated carbocycles. The highest BCUT2D eigenvalue weighted by atomic mass is 32.2. The number of carbonyl (C=O) groups is 3. The van der Waals surface area contributed by atoms with Gasteiger partial charge in [0.1, 0.15) is 6.04 Å². The Morgan fingerprint density at radius 2 is 1.96 bits per heavy atom. The predicted molar refractivity (Wildman–Crippen MR) is 83.7 cm³/mol. The molecule has 1 saturated heterocycles. The first kappa shape index (κ1) is 15.9. The van der Waals surface area contributed by atoms with Crippen molar-refractivity contribution in [2.24, 2.45) is 0 Å². The first-order valence-electron chi connectivity index (χ1n) is 7.54. The van der Waals surface area contributed by atoms with Gasteiger partial charge in [0.15, 0.2) is 5.16 Å². The SMILES string of the molecule is Cc1cc(C)nc(SCC(=O)N(C2CC2)[C@H]2CC(=O)NC2=O)n1. The maximum atomic E-state index is 12.6. The molecule has 1 aromatic rings. The van der Waals surface area contributed by atoms with Gasteiger partial charge in [0.25, 0.3) is 0 Å². The summed E-state index contributed by atoms with van der Waals surface area (Å²) in [5.74, 6) is -0.668. The van der Waals surface area contributed by atoms with Gasteiger partial charge in [-0.15, -0.1) is 0 Å². The topological polar surface area (TPSA) is 92.3 Å². The number of amides is 3. The molecule has 0 bridgehead atoms. The van der Waals surface area contributed by atoms with Crippen LogP contribution in [0.3, 0.4) is 0 Å². The molecular weight excluding hydrogens is 316 g/mol. The number of nitrogens with one attached hydrogen (secondary N) is 1. The molecule has 8 heteroatoms. The second-order valence-corrected chi connectivity index (χ2v) is 6.83. The highest BCUT2D eigenvalue weighted by Crippen LogP contribution is 2.31. The minimum absolute atomic E-state index is 0.0613. The number of carbonyl (C=O) groups excluding carboxylic acids is 3. The molecule has 0 spiro atoms. The van der Waals surface area contributed by atoms with E-state index >= 15 is 0 Å². The van der Waals surface area contributed by atoms with Crippen molar-refractivity contribution in [3.63, 3.8) is 0 Å². The van der Waals surface area contributed by atoms with E-state index in [9.17, 15) is 14.4 Å². The largest absolute Gasteiger partial charge is 0.326 e. The number of nitrogens with zero attached hydrogens (tertiary/aromatic N) is 3. The average Bonchev–Trinajstić information content (AvgIpc) is 3.22. The minimum Gasteiger partial charge on any atom is -0.326 e. The lowest BCUT2D eigenvalue weighted by Gasteiger charge is -2.26. The second kappa shape index (κ2) is 6.27. The Morgan fingerprint density at radius 1 is 1.30 bits per heavy atom. The van der Waals surface area contributed by atoms with Crippen LogP contribution < -0.4 is 5.32 Å². The maximum Gasteiger partial charge on any atom is 0.249 e. The van der Waals surface area contributed by atoms with E-state index in [0.717, 1.165) is 24.2 Å². The lowest BCUT2D eigenvalue weighted by atomic mass is 10.2. The van der Waals surface area contributed by atoms with Crippen molar-refractivity contribution in [1.29, 1.82) is 0 Å². The Balaban J connectivity index is 1.67. The third-order valence-electron chi connectivity index (χ3n) is 3.79. The molecule has 3 rings (SSSR count). The van der Waals surface area contributed by atoms with Gasteiger partial charge in [0, 0.05) is 17.4 Å². The van der Waals surface area contributed by atoms with Gasteiger partial charge in [0.2, 0.25) is 17.7 Å². The molecule has 0 radical (unpaired) electrons. The van der Waals surface area contributed by atoms with Crippen molar-refractivity contribution in [2.45, 2.75) is 50.4 Å². The van der Waals surface area contributed by atoms with Gasteiger partial charge in [0.05, 0.1) is 12.2 Å². The fraction of sp³-hybridized carbons (Fsp3) is 0.533. The lowest BCUT2D eigenvalue weighted by Crippen LogP contribution is -2.46. The van der Waals surface area contributed by atoms with Crippen LogP contribution in [0.25, 0.3) is 0 Å². The Labute approximate surface area is 138 Å². The standard InChI is InChI=1S/C15H18N4O3S/c1-8-5-9(2)17-15(16-8)23-7-13(21)19(10-3-4-10)11-6-12(20)18-14(11)22/h5,10-11H,3-4,6-7H2,1-2H3,(H,18,20,22)/t11-/m0/s1. The Bertz CT molecular complexity index is 654. The van der Waals surface area contributed by atoms with Gasteiger partial charge in [-0.05, 0) is 32.8 Å². The van der Waals surface area contributed by atoms with Gasteiger partial charge >= 0.3 is 0 Å². The smallest absolute Gasteiger partial charge is 0.249 e. The van der Waals surface area contributed by atoms with Crippen LogP contribution in [0.2, 0.25) is 0 Å². The molecule has 2 fully saturated rings. The Morgan fingerprint density at radius 3 is 2.48 bits per heavy atom. The van der Waals surface area contributed by atoms with Crippen molar-refractivity contribution >= 4 is 29.5 Å². The predicted octanol–water partition coefficient (Wildman–Crippen LogP) is 0.592. The first-order chi connectivity index (χ1) is 10.9. The highest BCUT2D eigenvalue weighted by Gasteiger charge is 2.44. The molecule has 2 aliphatic rings. The van der Waals surface area contributed by atoms with Crippen LogP contribution in [0.15, 0.2) is 11.2 Å². The van der Waals surface area contributed by atoms with Crippen LogP contribution in [-0.2, 0) is 14.4 Å². The van der Waals surface area contributed by atoms with E-state index in [0.29, 0.717) is 5.16 Å². The number of hydrogen-bond acceptors (Lipinski definition) is 6. The minimum atomic E-state index is -0.664. The van der Waals surface area contributed by atoms with E-state index in [4.69, 9.17) is 0 Å². The summed E-state index contributed by atoms with van der Waals surface area (Å²) in [6, 6.07) is 1.28. The zero-order chi connectivity index (χ0) is 16.6. The fourth-order valence-corrected chi connectivity index (χ4v) is 3.53. The van der Waals surface area contributed by atoms with E-state index in [2.05, 4.69) is 15.3 Å². The van der Waals surface area contributed by atoms with Gasteiger partial charge < -0.3 is 4.90 Å². The number of aromatic nitrogens is 2. The summed E-state index contributed by atoms with van der Waals surface area (Å²) < 4.78 is 0. The van der Waals surface area contributed by atoms with Gasteiger partial charge in [-0.2, -0.15) is 0 Å². The molecule has 1 atom stereocenters. The van der Waals surface area contributed by atoms with Crippen molar-refractivity contribution in [2.75, 3.05) is 5.75 Å². The molecule has 0 aromatic carbocycles. The van der Waals surface area contributed by atoms with Crippen LogP contribution in [0.5, 0.6) is 0 Å². The van der Waals surface area contributed by atoms with Crippen LogP contribution in [0.1, 0.15) is 30.7 Å². The van der Waals surface area contributed by atoms with E-state index < -0.39 is 6.04 Å². The summed E-state index contributed by atoms with van der Waals surface area (Å²) in [5.41, 5.74) is 1.71. The molecule has 1 aliphatic heterocycles. The molecule has 3 amide bonds. The molecule has 1 aliphatic carbocycles. The zero-order valence-electron chi connectivity index (χ0n) is 13.0. The Hall–Kier alpha value is -1.96. The highest BCUT2D eigenvalue weighted by molar-refractivity contribution is 7.99. The summed E-state index contributed by atoms with van der Waals surface area (Å²) >= 11 is 1.26. The van der Waals surface area contributed by atoms with Crippen LogP contribution >= 0.6 is 11.8 Å². The number of aryl methyl sites for hydroxylation is 2. The van der Waals surface area contributed by atoms with E-state index in [1.807, 2.05) is 19.9 Å². The monoisotopic (exact) mass is 334 g/mol. The van der Waals surface area contributed by atoms with Gasteiger partial charge in [-0.25, -0.2) is 9.97 Å². The van der Waals surface area contributed by atoms with E-state index in [-0.39, 0.29) is 35.9 Å². The number of thioether (sulfide) groups is 1. The maximum absolute atomic E-state index is 12.6. The molecule has 2 heterocycles. The van der Waals surface area contributed by atoms with Crippen molar-refractivity contribution in [3.8, 4) is 0 Å². The molecule has 1 aromatic heterocycles. The summed E-state index contributed by atoms with van der Waals surface area (Å²) in [6.07, 6.45) is 1.83. The van der Waals surface area contributed by atoms with Gasteiger partial charge in [-0.1, -0.05) is 11.8 Å². The first-order valence-corrected chi connectivity index (χ1v) is 8.52. The van der Waals surface area contributed by atoms with Crippen molar-refractivity contribution < 1.29 is 14.4 Å². The Kier molecular flexibility index (Phi) is 4.34. The third kappa shape index (κ3) is 3.69. The van der Waals surface area contributed by atoms with Crippen molar-refractivity contribution in [1.82, 2.24) is 20.2 Å².